The van der Waals surface area contributed by atoms with E-state index in [1.807, 2.05) is 130 Å². The maximum atomic E-state index is 11.8. The fraction of sp³-hybridized carbons (Fsp3) is 0.289. The molecule has 473 valence electrons. The molecule has 6 atom stereocenters. The van der Waals surface area contributed by atoms with Crippen molar-refractivity contribution in [1.29, 1.82) is 0 Å². The van der Waals surface area contributed by atoms with Crippen LogP contribution in [-0.2, 0) is 59.2 Å². The third-order valence-electron chi connectivity index (χ3n) is 14.6. The first-order valence-corrected chi connectivity index (χ1v) is 29.4. The van der Waals surface area contributed by atoms with Crippen LogP contribution < -0.4 is 11.5 Å². The lowest BCUT2D eigenvalue weighted by molar-refractivity contribution is -0.149. The van der Waals surface area contributed by atoms with E-state index < -0.39 is 23.8 Å². The number of hydrogen-bond donors (Lipinski definition) is 4. The molecule has 1 aliphatic rings. The number of nitrogens with zero attached hydrogens (tertiary/aromatic N) is 1. The fourth-order valence-corrected chi connectivity index (χ4v) is 9.72. The van der Waals surface area contributed by atoms with Gasteiger partial charge in [0.05, 0.1) is 36.0 Å². The first-order chi connectivity index (χ1) is 41.4. The number of nitrogens with two attached hydrogens (primary N) is 2. The van der Waals surface area contributed by atoms with E-state index in [1.165, 1.54) is 44.5 Å². The minimum atomic E-state index is -0.928. The molecule has 0 bridgehead atoms. The van der Waals surface area contributed by atoms with Gasteiger partial charge in [-0.15, -0.1) is 12.4 Å². The van der Waals surface area contributed by atoms with Crippen LogP contribution in [0.4, 0.5) is 0 Å². The van der Waals surface area contributed by atoms with Gasteiger partial charge in [-0.2, -0.15) is 0 Å². The van der Waals surface area contributed by atoms with Crippen LogP contribution in [0, 0.1) is 23.7 Å². The normalized spacial score (nSPS) is 13.6. The average Bonchev–Trinajstić information content (AvgIpc) is 1.99. The van der Waals surface area contributed by atoms with Crippen LogP contribution in [0.2, 0.25) is 0 Å². The van der Waals surface area contributed by atoms with Gasteiger partial charge in [-0.3, -0.25) is 19.2 Å². The summed E-state index contributed by atoms with van der Waals surface area (Å²) in [7, 11) is 0. The number of carboxylic acid groups (broad SMARTS) is 2. The Labute approximate surface area is 542 Å². The molecule has 0 aliphatic carbocycles. The highest BCUT2D eigenvalue weighted by Gasteiger charge is 2.23. The van der Waals surface area contributed by atoms with Crippen molar-refractivity contribution < 1.29 is 43.8 Å². The zero-order chi connectivity index (χ0) is 61.8. The predicted octanol–water partition coefficient (Wildman–Crippen LogP) is 15.9. The summed E-state index contributed by atoms with van der Waals surface area (Å²) in [6.07, 6.45) is 4.37. The van der Waals surface area contributed by atoms with Gasteiger partial charge in [0.15, 0.2) is 0 Å². The third-order valence-corrected chi connectivity index (χ3v) is 14.6. The summed E-state index contributed by atoms with van der Waals surface area (Å²) in [4.78, 5) is 61.1. The molecule has 9 rings (SSSR count). The summed E-state index contributed by atoms with van der Waals surface area (Å²) in [5.74, 6) is -3.44. The molecule has 0 saturated carbocycles. The van der Waals surface area contributed by atoms with Gasteiger partial charge in [0.25, 0.3) is 0 Å². The van der Waals surface area contributed by atoms with Gasteiger partial charge in [0, 0.05) is 46.2 Å². The maximum absolute atomic E-state index is 11.8. The van der Waals surface area contributed by atoms with Crippen molar-refractivity contribution in [1.82, 2.24) is 0 Å². The number of ether oxygens (including phenoxy) is 1. The van der Waals surface area contributed by atoms with Crippen molar-refractivity contribution in [2.24, 2.45) is 40.3 Å². The molecular weight excluding hydrogens is 1150 g/mol. The number of esters is 1. The van der Waals surface area contributed by atoms with Crippen LogP contribution in [0.5, 0.6) is 0 Å². The molecule has 8 aromatic carbocycles. The molecule has 14 heteroatoms. The number of oxime groups is 1. The molecule has 0 aromatic heterocycles. The van der Waals surface area contributed by atoms with Crippen LogP contribution in [0.1, 0.15) is 97.4 Å². The van der Waals surface area contributed by atoms with E-state index in [0.29, 0.717) is 32.3 Å². The van der Waals surface area contributed by atoms with E-state index in [-0.39, 0.29) is 90.2 Å². The van der Waals surface area contributed by atoms with Crippen molar-refractivity contribution in [3.05, 3.63) is 241 Å². The average molecular weight is 1240 g/mol. The summed E-state index contributed by atoms with van der Waals surface area (Å²) < 4.78 is 5.02. The standard InChI is InChI=1S/C20H25NO2.C18H17NO2.C18H21NO2.C18H18O3.2CH4.B.ClH/c1-3-23-20(22)15(2)13-19(21)14-16-9-11-18(12-10-16)17-7-5-4-6-8-17;1-13-11-17(19-21-18(13)20)12-14-7-9-16(10-8-14)15-5-3-2-4-6-15;2*1-13(18(20)21)11-17(19)12-14-7-9-16(10-8-14)15-5-3-2-4-6-15;;;;/h4-12,15,19H,3,13-14,21H2,1-2H3;2-10,13H,11-12H2,1H3;2-10,13,17H,11-12,19H2,1H3,(H,20,21);2-10,13H,11-12H2,1H3,(H,20,21);2*1H4;;1H. The lowest BCUT2D eigenvalue weighted by Crippen LogP contribution is -2.29. The van der Waals surface area contributed by atoms with Crippen LogP contribution >= 0.6 is 12.4 Å². The number of benzene rings is 8. The van der Waals surface area contributed by atoms with Gasteiger partial charge in [0.2, 0.25) is 0 Å². The lowest BCUT2D eigenvalue weighted by Gasteiger charge is -2.16. The van der Waals surface area contributed by atoms with Gasteiger partial charge in [-0.1, -0.05) is 266 Å². The second-order valence-corrected chi connectivity index (χ2v) is 22.1. The number of Topliss-reactive ketones (excluding diaryl/α,β-unsaturated/α-hetero) is 1. The Hall–Kier alpha value is -8.75. The van der Waals surface area contributed by atoms with Crippen molar-refractivity contribution >= 4 is 56.2 Å². The summed E-state index contributed by atoms with van der Waals surface area (Å²) in [5.41, 5.74) is 27.0. The molecule has 8 aromatic rings. The largest absolute Gasteiger partial charge is 0.481 e. The number of carboxylic acids is 2. The molecule has 12 nitrogen and oxygen atoms in total. The molecule has 0 spiro atoms. The number of hydrogen-bond acceptors (Lipinski definition) is 10. The Morgan fingerprint density at radius 2 is 0.833 bits per heavy atom. The smallest absolute Gasteiger partial charge is 0.338 e. The Balaban J connectivity index is 0.000000403. The Bertz CT molecular complexity index is 3390. The Morgan fingerprint density at radius 3 is 1.17 bits per heavy atom. The zero-order valence-corrected chi connectivity index (χ0v) is 51.8. The van der Waals surface area contributed by atoms with Gasteiger partial charge in [-0.25, -0.2) is 4.79 Å². The first kappa shape index (κ1) is 77.4. The summed E-state index contributed by atoms with van der Waals surface area (Å²) in [6, 6.07) is 73.6. The van der Waals surface area contributed by atoms with E-state index in [4.69, 9.17) is 31.3 Å². The van der Waals surface area contributed by atoms with Crippen LogP contribution in [0.15, 0.2) is 224 Å². The Morgan fingerprint density at radius 1 is 0.511 bits per heavy atom. The van der Waals surface area contributed by atoms with E-state index in [9.17, 15) is 24.0 Å². The highest BCUT2D eigenvalue weighted by molar-refractivity contribution is 5.92. The van der Waals surface area contributed by atoms with Gasteiger partial charge >= 0.3 is 23.9 Å². The molecule has 0 saturated heterocycles. The van der Waals surface area contributed by atoms with Gasteiger partial charge < -0.3 is 31.3 Å². The van der Waals surface area contributed by atoms with Crippen LogP contribution in [0.3, 0.4) is 0 Å². The number of carbonyl (C=O) groups is 5. The van der Waals surface area contributed by atoms with E-state index >= 15 is 0 Å². The van der Waals surface area contributed by atoms with Crippen molar-refractivity contribution in [3.63, 3.8) is 0 Å². The molecular formula is C76H90BClN3O9. The molecule has 0 amide bonds. The van der Waals surface area contributed by atoms with Crippen LogP contribution in [0.25, 0.3) is 44.5 Å². The predicted molar refractivity (Wildman–Crippen MR) is 370 cm³/mol. The van der Waals surface area contributed by atoms with Crippen LogP contribution in [-0.4, -0.2) is 72.7 Å². The minimum absolute atomic E-state index is 0. The molecule has 6 N–H and O–H groups in total. The highest BCUT2D eigenvalue weighted by Crippen LogP contribution is 2.25. The topological polar surface area (TPSA) is 209 Å². The van der Waals surface area contributed by atoms with E-state index in [2.05, 4.69) is 114 Å². The fourth-order valence-electron chi connectivity index (χ4n) is 9.72. The number of aliphatic carboxylic acids is 2. The number of carbonyl (C=O) groups excluding carboxylic acids is 3. The van der Waals surface area contributed by atoms with Crippen molar-refractivity contribution in [3.8, 4) is 44.5 Å². The number of rotatable bonds is 22. The quantitative estimate of drug-likeness (QED) is 0.0285. The highest BCUT2D eigenvalue weighted by atomic mass is 35.5. The first-order valence-electron chi connectivity index (χ1n) is 29.4. The second-order valence-electron chi connectivity index (χ2n) is 22.1. The van der Waals surface area contributed by atoms with Crippen molar-refractivity contribution in [2.75, 3.05) is 6.61 Å². The Kier molecular flexibility index (Phi) is 35.0. The third kappa shape index (κ3) is 26.5. The summed E-state index contributed by atoms with van der Waals surface area (Å²) in [5, 5.41) is 21.6. The summed E-state index contributed by atoms with van der Waals surface area (Å²) >= 11 is 0. The molecule has 90 heavy (non-hydrogen) atoms. The molecule has 0 fully saturated rings. The summed E-state index contributed by atoms with van der Waals surface area (Å²) in [6.45, 7) is 9.23. The van der Waals surface area contributed by atoms with E-state index in [0.717, 1.165) is 40.8 Å². The maximum Gasteiger partial charge on any atom is 0.338 e. The second kappa shape index (κ2) is 40.7. The minimum Gasteiger partial charge on any atom is -0.481 e. The SMILES string of the molecule is C.C.CC(CC(=O)Cc1ccc(-c2ccccc2)cc1)C(=O)O.CC(CC(N)Cc1ccc(-c2ccccc2)cc1)C(=O)O.CC1CC(Cc2ccc(-c3ccccc3)cc2)=NOC1=O.CCOC(=O)C(C)CC(N)Cc1ccc(-c2ccccc2)cc1.Cl.[B]. The molecule has 3 radical (unpaired) electrons. The van der Waals surface area contributed by atoms with Crippen molar-refractivity contribution in [2.45, 2.75) is 113 Å². The van der Waals surface area contributed by atoms with E-state index in [1.54, 1.807) is 13.8 Å². The number of halogens is 1. The monoisotopic (exact) mass is 1230 g/mol. The zero-order valence-electron chi connectivity index (χ0n) is 51.0. The molecule has 1 aliphatic heterocycles. The van der Waals surface area contributed by atoms with Gasteiger partial charge in [0.1, 0.15) is 5.78 Å². The number of ketones is 1. The van der Waals surface area contributed by atoms with Gasteiger partial charge in [-0.05, 0) is 99.4 Å². The lowest BCUT2D eigenvalue weighted by atomic mass is 9.95. The molecule has 6 unspecified atom stereocenters. The molecule has 1 heterocycles.